The molecule has 9 heterocycles. The van der Waals surface area contributed by atoms with Crippen LogP contribution in [0.15, 0.2) is 165 Å². The second kappa shape index (κ2) is 9.65. The highest BCUT2D eigenvalue weighted by molar-refractivity contribution is 6.07. The minimum atomic E-state index is -0.669. The maximum atomic E-state index is 4.72. The van der Waals surface area contributed by atoms with Gasteiger partial charge in [-0.15, -0.1) is 0 Å². The van der Waals surface area contributed by atoms with Gasteiger partial charge >= 0.3 is 0 Å². The Morgan fingerprint density at radius 3 is 0.672 bits per heavy atom. The Bertz CT molecular complexity index is 2840. The van der Waals surface area contributed by atoms with E-state index in [-0.39, 0.29) is 0 Å². The van der Waals surface area contributed by atoms with Gasteiger partial charge in [0, 0.05) is 108 Å². The van der Waals surface area contributed by atoms with Crippen LogP contribution >= 0.6 is 0 Å². The second-order valence-electron chi connectivity index (χ2n) is 16.2. The number of rotatable bonds is 0. The van der Waals surface area contributed by atoms with Crippen LogP contribution in [0.4, 0.5) is 17.1 Å². The van der Waals surface area contributed by atoms with Gasteiger partial charge in [0.05, 0.1) is 33.3 Å². The van der Waals surface area contributed by atoms with E-state index in [0.29, 0.717) is 0 Å². The summed E-state index contributed by atoms with van der Waals surface area (Å²) in [7, 11) is 0. The van der Waals surface area contributed by atoms with E-state index in [2.05, 4.69) is 95.9 Å². The zero-order chi connectivity index (χ0) is 37.5. The summed E-state index contributed by atoms with van der Waals surface area (Å²) in [6, 6.07) is 34.6. The van der Waals surface area contributed by atoms with E-state index in [0.717, 1.165) is 33.4 Å². The fourth-order valence-electron chi connectivity index (χ4n) is 12.7. The fraction of sp³-hybridized carbons (Fsp3) is 0.0588. The molecule has 7 heteroatoms. The van der Waals surface area contributed by atoms with Crippen LogP contribution in [0.25, 0.3) is 33.4 Å². The summed E-state index contributed by atoms with van der Waals surface area (Å²) in [4.78, 5) is 30.9. The summed E-state index contributed by atoms with van der Waals surface area (Å²) < 4.78 is 0. The molecule has 0 saturated carbocycles. The quantitative estimate of drug-likeness (QED) is 0.153. The van der Waals surface area contributed by atoms with Gasteiger partial charge in [0.15, 0.2) is 0 Å². The van der Waals surface area contributed by atoms with E-state index in [9.17, 15) is 0 Å². The summed E-state index contributed by atoms with van der Waals surface area (Å²) in [6.07, 6.45) is 23.9. The lowest BCUT2D eigenvalue weighted by Crippen LogP contribution is -2.48. The van der Waals surface area contributed by atoms with Crippen molar-refractivity contribution in [3.8, 4) is 33.4 Å². The van der Waals surface area contributed by atoms with E-state index >= 15 is 0 Å². The zero-order valence-electron chi connectivity index (χ0n) is 30.7. The number of hydrogen-bond acceptors (Lipinski definition) is 7. The van der Waals surface area contributed by atoms with Crippen LogP contribution in [0, 0.1) is 0 Å². The van der Waals surface area contributed by atoms with Crippen molar-refractivity contribution in [1.29, 1.82) is 0 Å². The average Bonchev–Trinajstić information content (AvgIpc) is 3.87. The molecular weight excluding hydrogens is 711 g/mol. The third-order valence-electron chi connectivity index (χ3n) is 14.4. The van der Waals surface area contributed by atoms with Gasteiger partial charge in [0.25, 0.3) is 0 Å². The van der Waals surface area contributed by atoms with Crippen LogP contribution < -0.4 is 4.90 Å². The number of benzene rings is 3. The molecule has 0 N–H and O–H groups in total. The van der Waals surface area contributed by atoms with Gasteiger partial charge in [-0.05, 0) is 103 Å². The lowest BCUT2D eigenvalue weighted by atomic mass is 9.54. The highest BCUT2D eigenvalue weighted by Crippen LogP contribution is 2.75. The second-order valence-corrected chi connectivity index (χ2v) is 16.2. The van der Waals surface area contributed by atoms with Crippen LogP contribution in [0.5, 0.6) is 0 Å². The third kappa shape index (κ3) is 2.81. The third-order valence-corrected chi connectivity index (χ3v) is 14.4. The molecule has 6 aromatic heterocycles. The molecule has 9 aromatic rings. The van der Waals surface area contributed by atoms with E-state index < -0.39 is 16.2 Å². The van der Waals surface area contributed by atoms with Gasteiger partial charge in [-0.1, -0.05) is 54.6 Å². The molecule has 3 aromatic carbocycles. The molecule has 6 aliphatic rings. The van der Waals surface area contributed by atoms with E-state index in [1.54, 1.807) is 0 Å². The molecule has 0 fully saturated rings. The SMILES string of the molecule is c1cc2c3c(c1)C1(c4ccncc4-c4cnccc41)c1cccc4c1N3c1c(cccc1C41c3ccncc3-c3cnccc31)C21c2ccncc2-c2cnccc21. The minimum Gasteiger partial charge on any atom is -0.308 e. The van der Waals surface area contributed by atoms with Crippen LogP contribution in [-0.2, 0) is 16.2 Å². The first-order chi connectivity index (χ1) is 28.8. The number of pyridine rings is 6. The molecule has 0 unspecified atom stereocenters. The summed E-state index contributed by atoms with van der Waals surface area (Å²) in [5, 5.41) is 0. The molecule has 3 aliphatic carbocycles. The molecule has 58 heavy (non-hydrogen) atoms. The van der Waals surface area contributed by atoms with Gasteiger partial charge in [0.1, 0.15) is 0 Å². The Balaban J connectivity index is 1.23. The molecule has 266 valence electrons. The molecule has 0 bridgehead atoms. The van der Waals surface area contributed by atoms with Gasteiger partial charge < -0.3 is 4.90 Å². The largest absolute Gasteiger partial charge is 0.308 e. The van der Waals surface area contributed by atoms with Crippen molar-refractivity contribution < 1.29 is 0 Å². The molecule has 0 amide bonds. The van der Waals surface area contributed by atoms with Crippen molar-refractivity contribution >= 4 is 17.1 Å². The predicted octanol–water partition coefficient (Wildman–Crippen LogP) is 9.56. The molecule has 0 saturated heterocycles. The number of anilines is 3. The Morgan fingerprint density at radius 1 is 0.259 bits per heavy atom. The molecular formula is C51H27N7. The van der Waals surface area contributed by atoms with Crippen molar-refractivity contribution in [2.45, 2.75) is 16.2 Å². The van der Waals surface area contributed by atoms with Crippen molar-refractivity contribution in [2.24, 2.45) is 0 Å². The Hall–Kier alpha value is -7.64. The maximum Gasteiger partial charge on any atom is 0.0756 e. The van der Waals surface area contributed by atoms with Crippen molar-refractivity contribution in [1.82, 2.24) is 29.9 Å². The first-order valence-corrected chi connectivity index (χ1v) is 19.7. The van der Waals surface area contributed by atoms with Crippen molar-refractivity contribution in [3.63, 3.8) is 0 Å². The van der Waals surface area contributed by atoms with Crippen molar-refractivity contribution in [3.05, 3.63) is 232 Å². The van der Waals surface area contributed by atoms with Crippen LogP contribution in [0.1, 0.15) is 66.8 Å². The molecule has 0 radical (unpaired) electrons. The zero-order valence-corrected chi connectivity index (χ0v) is 30.7. The molecule has 7 nitrogen and oxygen atoms in total. The van der Waals surface area contributed by atoms with E-state index in [1.165, 1.54) is 83.8 Å². The van der Waals surface area contributed by atoms with Crippen LogP contribution in [0.3, 0.4) is 0 Å². The minimum absolute atomic E-state index is 0.669. The first kappa shape index (κ1) is 29.6. The maximum absolute atomic E-state index is 4.72. The summed E-state index contributed by atoms with van der Waals surface area (Å²) in [5.41, 5.74) is 23.2. The number of aromatic nitrogens is 6. The van der Waals surface area contributed by atoms with Gasteiger partial charge in [-0.3, -0.25) is 29.9 Å². The van der Waals surface area contributed by atoms with Crippen LogP contribution in [0.2, 0.25) is 0 Å². The Labute approximate surface area is 332 Å². The standard InChI is InChI=1S/C51H27N7/c1-4-40-46-41(5-1)50(36-12-18-54-24-30(36)31-25-55-19-13-37(31)50)43-7-3-9-45-48(43)58(46)47-42(49(40)34-10-16-52-22-28(34)29-23-53-17-11-35(29)49)6-2-8-44(47)51(45)38-14-20-56-26-32(38)33-27-57-21-15-39(33)51/h1-27H. The van der Waals surface area contributed by atoms with Gasteiger partial charge in [-0.25, -0.2) is 0 Å². The highest BCUT2D eigenvalue weighted by Gasteiger charge is 2.63. The van der Waals surface area contributed by atoms with Gasteiger partial charge in [-0.2, -0.15) is 0 Å². The Morgan fingerprint density at radius 2 is 0.466 bits per heavy atom. The van der Waals surface area contributed by atoms with Gasteiger partial charge in [0.2, 0.25) is 0 Å². The highest BCUT2D eigenvalue weighted by atomic mass is 15.2. The summed E-state index contributed by atoms with van der Waals surface area (Å²) in [6.45, 7) is 0. The molecule has 3 spiro atoms. The smallest absolute Gasteiger partial charge is 0.0756 e. The summed E-state index contributed by atoms with van der Waals surface area (Å²) in [5.74, 6) is 0. The lowest BCUT2D eigenvalue weighted by Gasteiger charge is -2.57. The van der Waals surface area contributed by atoms with E-state index in [4.69, 9.17) is 29.9 Å². The predicted molar refractivity (Wildman–Crippen MR) is 220 cm³/mol. The molecule has 0 atom stereocenters. The molecule has 3 aliphatic heterocycles. The molecule has 15 rings (SSSR count). The number of hydrogen-bond donors (Lipinski definition) is 0. The number of para-hydroxylation sites is 3. The van der Waals surface area contributed by atoms with Crippen molar-refractivity contribution in [2.75, 3.05) is 4.90 Å². The first-order valence-electron chi connectivity index (χ1n) is 19.7. The van der Waals surface area contributed by atoms with E-state index in [1.807, 2.05) is 74.4 Å². The summed E-state index contributed by atoms with van der Waals surface area (Å²) >= 11 is 0. The monoisotopic (exact) mass is 737 g/mol. The normalized spacial score (nSPS) is 16.7. The number of fused-ring (bicyclic) bond motifs is 21. The lowest BCUT2D eigenvalue weighted by molar-refractivity contribution is 0.669. The Kier molecular flexibility index (Phi) is 4.93. The fourth-order valence-corrected chi connectivity index (χ4v) is 12.7. The van der Waals surface area contributed by atoms with Crippen LogP contribution in [-0.4, -0.2) is 29.9 Å². The average molecular weight is 738 g/mol. The topological polar surface area (TPSA) is 80.6 Å². The number of nitrogens with zero attached hydrogens (tertiary/aromatic N) is 7.